The van der Waals surface area contributed by atoms with E-state index in [1.807, 2.05) is 6.08 Å². The Hall–Kier alpha value is -0.523. The molecule has 0 aromatic heterocycles. The Balaban J connectivity index is 4.49. The quantitative estimate of drug-likeness (QED) is 0.391. The first kappa shape index (κ1) is 13.5. The topological polar surface area (TPSA) is 9.23 Å². The summed E-state index contributed by atoms with van der Waals surface area (Å²) in [6, 6.07) is 0. The van der Waals surface area contributed by atoms with Gasteiger partial charge in [0.05, 0.1) is 0 Å². The third-order valence-electron chi connectivity index (χ3n) is 2.81. The van der Waals surface area contributed by atoms with Crippen LogP contribution in [0.15, 0.2) is 12.7 Å². The summed E-state index contributed by atoms with van der Waals surface area (Å²) in [5.74, 6) is 2.67. The molecule has 0 aliphatic heterocycles. The molecule has 0 saturated heterocycles. The normalized spacial score (nSPS) is 14.6. The Bertz CT molecular complexity index is 230. The van der Waals surface area contributed by atoms with E-state index in [-0.39, 0.29) is 11.1 Å². The Morgan fingerprint density at radius 1 is 1.50 bits per heavy atom. The molecule has 0 aliphatic rings. The molecule has 0 saturated carbocycles. The van der Waals surface area contributed by atoms with E-state index in [9.17, 15) is 0 Å². The van der Waals surface area contributed by atoms with Crippen molar-refractivity contribution in [1.82, 2.24) is 0 Å². The Kier molecular flexibility index (Phi) is 4.63. The summed E-state index contributed by atoms with van der Waals surface area (Å²) < 4.78 is 6.02. The van der Waals surface area contributed by atoms with Crippen LogP contribution in [-0.4, -0.2) is 14.4 Å². The summed E-state index contributed by atoms with van der Waals surface area (Å²) in [6.07, 6.45) is 7.86. The van der Waals surface area contributed by atoms with Crippen LogP contribution in [0.25, 0.3) is 0 Å². The lowest BCUT2D eigenvalue weighted by Gasteiger charge is -2.37. The molecule has 0 fully saturated rings. The third-order valence-corrected chi connectivity index (χ3v) is 7.30. The van der Waals surface area contributed by atoms with E-state index >= 15 is 0 Å². The second kappa shape index (κ2) is 4.81. The molecule has 0 spiro atoms. The first-order valence-electron chi connectivity index (χ1n) is 4.99. The maximum Gasteiger partial charge on any atom is 0.193 e. The minimum Gasteiger partial charge on any atom is -0.403 e. The molecule has 0 bridgehead atoms. The van der Waals surface area contributed by atoms with Crippen LogP contribution in [-0.2, 0) is 4.43 Å². The SMILES string of the molecule is C#C[C@@H](CC=C)O[Si](C)(C)C(C)(C)C. The van der Waals surface area contributed by atoms with Gasteiger partial charge in [-0.15, -0.1) is 13.0 Å². The molecule has 80 valence electrons. The maximum absolute atomic E-state index is 6.02. The van der Waals surface area contributed by atoms with Crippen LogP contribution in [0.5, 0.6) is 0 Å². The van der Waals surface area contributed by atoms with Crippen molar-refractivity contribution < 1.29 is 4.43 Å². The van der Waals surface area contributed by atoms with Crippen LogP contribution >= 0.6 is 0 Å². The lowest BCUT2D eigenvalue weighted by Crippen LogP contribution is -2.43. The highest BCUT2D eigenvalue weighted by Crippen LogP contribution is 2.37. The van der Waals surface area contributed by atoms with Crippen molar-refractivity contribution in [2.45, 2.75) is 51.4 Å². The van der Waals surface area contributed by atoms with Crippen molar-refractivity contribution in [3.05, 3.63) is 12.7 Å². The zero-order valence-electron chi connectivity index (χ0n) is 10.1. The van der Waals surface area contributed by atoms with Gasteiger partial charge in [0.1, 0.15) is 6.10 Å². The van der Waals surface area contributed by atoms with Crippen LogP contribution in [0.3, 0.4) is 0 Å². The van der Waals surface area contributed by atoms with Crippen LogP contribution in [0.2, 0.25) is 18.1 Å². The van der Waals surface area contributed by atoms with Gasteiger partial charge in [-0.25, -0.2) is 0 Å². The molecule has 0 N–H and O–H groups in total. The Morgan fingerprint density at radius 2 is 2.00 bits per heavy atom. The number of terminal acetylenes is 1. The average molecular weight is 210 g/mol. The lowest BCUT2D eigenvalue weighted by atomic mass is 10.2. The number of hydrogen-bond acceptors (Lipinski definition) is 1. The zero-order chi connectivity index (χ0) is 11.4. The highest BCUT2D eigenvalue weighted by atomic mass is 28.4. The van der Waals surface area contributed by atoms with Crippen molar-refractivity contribution >= 4 is 8.32 Å². The summed E-state index contributed by atoms with van der Waals surface area (Å²) >= 11 is 0. The smallest absolute Gasteiger partial charge is 0.193 e. The molecule has 0 aromatic rings. The van der Waals surface area contributed by atoms with E-state index in [4.69, 9.17) is 10.8 Å². The van der Waals surface area contributed by atoms with Gasteiger partial charge in [0.15, 0.2) is 8.32 Å². The third kappa shape index (κ3) is 3.69. The molecule has 2 heteroatoms. The van der Waals surface area contributed by atoms with E-state index in [0.717, 1.165) is 6.42 Å². The molecule has 1 nitrogen and oxygen atoms in total. The summed E-state index contributed by atoms with van der Waals surface area (Å²) in [4.78, 5) is 0. The average Bonchev–Trinajstić information content (AvgIpc) is 2.01. The second-order valence-electron chi connectivity index (χ2n) is 5.06. The van der Waals surface area contributed by atoms with Crippen molar-refractivity contribution in [3.8, 4) is 12.3 Å². The molecule has 0 unspecified atom stereocenters. The standard InChI is InChI=1S/C12H22OSi/c1-8-10-11(9-2)13-14(6,7)12(3,4)5/h2,8,11H,1,10H2,3-7H3/t11-/m0/s1. The van der Waals surface area contributed by atoms with Gasteiger partial charge in [-0.05, 0) is 18.1 Å². The van der Waals surface area contributed by atoms with Crippen LogP contribution in [0.4, 0.5) is 0 Å². The van der Waals surface area contributed by atoms with Gasteiger partial charge < -0.3 is 4.43 Å². The van der Waals surface area contributed by atoms with Crippen molar-refractivity contribution in [1.29, 1.82) is 0 Å². The zero-order valence-corrected chi connectivity index (χ0v) is 11.1. The monoisotopic (exact) mass is 210 g/mol. The van der Waals surface area contributed by atoms with E-state index in [1.165, 1.54) is 0 Å². The molecule has 0 radical (unpaired) electrons. The van der Waals surface area contributed by atoms with Crippen molar-refractivity contribution in [3.63, 3.8) is 0 Å². The van der Waals surface area contributed by atoms with Gasteiger partial charge in [-0.1, -0.05) is 32.8 Å². The van der Waals surface area contributed by atoms with E-state index in [2.05, 4.69) is 46.4 Å². The molecule has 0 aromatic carbocycles. The van der Waals surface area contributed by atoms with E-state index in [1.54, 1.807) is 0 Å². The summed E-state index contributed by atoms with van der Waals surface area (Å²) in [5, 5.41) is 0.212. The van der Waals surface area contributed by atoms with Gasteiger partial charge in [-0.2, -0.15) is 0 Å². The van der Waals surface area contributed by atoms with Crippen LogP contribution in [0, 0.1) is 12.3 Å². The highest BCUT2D eigenvalue weighted by Gasteiger charge is 2.38. The van der Waals surface area contributed by atoms with Gasteiger partial charge in [0, 0.05) is 6.42 Å². The molecular formula is C12H22OSi. The van der Waals surface area contributed by atoms with Gasteiger partial charge in [0.25, 0.3) is 0 Å². The van der Waals surface area contributed by atoms with Crippen molar-refractivity contribution in [2.24, 2.45) is 0 Å². The second-order valence-corrected chi connectivity index (χ2v) is 9.81. The van der Waals surface area contributed by atoms with Crippen LogP contribution < -0.4 is 0 Å². The minimum atomic E-state index is -1.72. The summed E-state index contributed by atoms with van der Waals surface area (Å²) in [6.45, 7) is 14.7. The largest absolute Gasteiger partial charge is 0.403 e. The molecule has 14 heavy (non-hydrogen) atoms. The predicted octanol–water partition coefficient (Wildman–Crippen LogP) is 3.59. The fourth-order valence-electron chi connectivity index (χ4n) is 0.834. The lowest BCUT2D eigenvalue weighted by molar-refractivity contribution is 0.236. The molecule has 0 amide bonds. The minimum absolute atomic E-state index is 0.103. The van der Waals surface area contributed by atoms with E-state index < -0.39 is 8.32 Å². The number of hydrogen-bond donors (Lipinski definition) is 0. The fraction of sp³-hybridized carbons (Fsp3) is 0.667. The predicted molar refractivity (Wildman–Crippen MR) is 65.7 cm³/mol. The molecule has 1 atom stereocenters. The summed E-state index contributed by atoms with van der Waals surface area (Å²) in [7, 11) is -1.72. The van der Waals surface area contributed by atoms with E-state index in [0.29, 0.717) is 0 Å². The molecule has 0 rings (SSSR count). The Morgan fingerprint density at radius 3 is 2.29 bits per heavy atom. The molecule has 0 aliphatic carbocycles. The van der Waals surface area contributed by atoms with Gasteiger partial charge in [0.2, 0.25) is 0 Å². The molecular weight excluding hydrogens is 188 g/mol. The summed E-state index contributed by atoms with van der Waals surface area (Å²) in [5.41, 5.74) is 0. The van der Waals surface area contributed by atoms with Gasteiger partial charge >= 0.3 is 0 Å². The molecule has 0 heterocycles. The first-order chi connectivity index (χ1) is 6.24. The Labute approximate surface area is 89.7 Å². The maximum atomic E-state index is 6.02. The van der Waals surface area contributed by atoms with Crippen molar-refractivity contribution in [2.75, 3.05) is 0 Å². The first-order valence-corrected chi connectivity index (χ1v) is 7.90. The highest BCUT2D eigenvalue weighted by molar-refractivity contribution is 6.74. The van der Waals surface area contributed by atoms with Gasteiger partial charge in [-0.3, -0.25) is 0 Å². The van der Waals surface area contributed by atoms with Crippen LogP contribution in [0.1, 0.15) is 27.2 Å². The number of rotatable bonds is 4. The fourth-order valence-corrected chi connectivity index (χ4v) is 2.06.